The molecule has 0 radical (unpaired) electrons. The van der Waals surface area contributed by atoms with Crippen LogP contribution in [0.15, 0.2) is 64.1 Å². The average molecular weight is 585 g/mol. The Morgan fingerprint density at radius 1 is 1.09 bits per heavy atom. The molecule has 1 aliphatic rings. The molecule has 4 rings (SSSR count). The van der Waals surface area contributed by atoms with E-state index in [-0.39, 0.29) is 23.4 Å². The van der Waals surface area contributed by atoms with Crippen molar-refractivity contribution in [2.75, 3.05) is 0 Å². The van der Waals surface area contributed by atoms with E-state index in [1.165, 1.54) is 4.57 Å². The number of allylic oxidation sites excluding steroid dienone is 1. The molecular weight excluding hydrogens is 563 g/mol. The van der Waals surface area contributed by atoms with E-state index in [4.69, 9.17) is 4.74 Å². The summed E-state index contributed by atoms with van der Waals surface area (Å²) in [5, 5.41) is 0.434. The topological polar surface area (TPSA) is 31.2 Å². The number of fused-ring (bicyclic) bond motifs is 1. The van der Waals surface area contributed by atoms with Crippen molar-refractivity contribution < 1.29 is 22.7 Å². The van der Waals surface area contributed by atoms with Gasteiger partial charge < -0.3 is 9.30 Å². The summed E-state index contributed by atoms with van der Waals surface area (Å²) in [6.07, 6.45) is -2.74. The predicted molar refractivity (Wildman–Crippen MR) is 129 cm³/mol. The molecule has 0 amide bonds. The summed E-state index contributed by atoms with van der Waals surface area (Å²) in [4.78, 5) is 12.8. The minimum absolute atomic E-state index is 0.0189. The lowest BCUT2D eigenvalue weighted by Gasteiger charge is -2.15. The van der Waals surface area contributed by atoms with Crippen LogP contribution in [0.4, 0.5) is 13.2 Å². The number of esters is 1. The largest absolute Gasteiger partial charge is 0.460 e. The monoisotopic (exact) mass is 583 g/mol. The fraction of sp³-hybridized carbons (Fsp3) is 0.320. The Hall–Kier alpha value is -2.06. The van der Waals surface area contributed by atoms with Crippen molar-refractivity contribution >= 4 is 48.7 Å². The lowest BCUT2D eigenvalue weighted by Crippen LogP contribution is -2.18. The van der Waals surface area contributed by atoms with Gasteiger partial charge in [-0.15, -0.1) is 0 Å². The first-order valence-corrected chi connectivity index (χ1v) is 12.0. The number of benzene rings is 2. The second kappa shape index (κ2) is 8.95. The molecule has 0 aliphatic heterocycles. The molecule has 0 bridgehead atoms. The molecule has 1 aliphatic carbocycles. The number of halogens is 5. The van der Waals surface area contributed by atoms with Crippen molar-refractivity contribution in [2.24, 2.45) is 17.3 Å². The van der Waals surface area contributed by atoms with E-state index in [1.807, 2.05) is 26.0 Å². The van der Waals surface area contributed by atoms with Gasteiger partial charge in [-0.05, 0) is 54.8 Å². The highest BCUT2D eigenvalue weighted by Gasteiger charge is 2.61. The van der Waals surface area contributed by atoms with Gasteiger partial charge in [-0.2, -0.15) is 13.2 Å². The summed E-state index contributed by atoms with van der Waals surface area (Å²) in [6, 6.07) is 15.7. The number of hydrogen-bond donors (Lipinski definition) is 0. The molecule has 3 aromatic rings. The maximum absolute atomic E-state index is 14.3. The van der Waals surface area contributed by atoms with Crippen molar-refractivity contribution in [2.45, 2.75) is 33.2 Å². The molecule has 1 aromatic heterocycles. The normalized spacial score (nSPS) is 19.4. The van der Waals surface area contributed by atoms with Gasteiger partial charge in [-0.25, -0.2) is 0 Å². The summed E-state index contributed by atoms with van der Waals surface area (Å²) < 4.78 is 50.4. The second-order valence-corrected chi connectivity index (χ2v) is 11.6. The molecule has 1 heterocycles. The van der Waals surface area contributed by atoms with Crippen molar-refractivity contribution in [3.63, 3.8) is 0 Å². The number of alkyl halides is 3. The van der Waals surface area contributed by atoms with Gasteiger partial charge in [-0.1, -0.05) is 68.5 Å². The van der Waals surface area contributed by atoms with Crippen LogP contribution < -0.4 is 0 Å². The van der Waals surface area contributed by atoms with Crippen LogP contribution in [0.1, 0.15) is 30.7 Å². The molecule has 0 saturated heterocycles. The van der Waals surface area contributed by atoms with Gasteiger partial charge in [0, 0.05) is 23.0 Å². The van der Waals surface area contributed by atoms with Gasteiger partial charge in [0.2, 0.25) is 0 Å². The molecular formula is C25H22Br2F3NO2. The fourth-order valence-electron chi connectivity index (χ4n) is 4.58. The Bertz CT molecular complexity index is 1210. The first-order valence-electron chi connectivity index (χ1n) is 10.4. The molecule has 33 heavy (non-hydrogen) atoms. The summed E-state index contributed by atoms with van der Waals surface area (Å²) in [7, 11) is 0. The maximum Gasteiger partial charge on any atom is 0.431 e. The van der Waals surface area contributed by atoms with Crippen LogP contribution in [0.2, 0.25) is 0 Å². The first-order chi connectivity index (χ1) is 15.5. The van der Waals surface area contributed by atoms with E-state index in [1.54, 1.807) is 48.5 Å². The summed E-state index contributed by atoms with van der Waals surface area (Å²) in [6.45, 7) is 3.51. The van der Waals surface area contributed by atoms with Crippen molar-refractivity contribution in [1.29, 1.82) is 0 Å². The van der Waals surface area contributed by atoms with E-state index >= 15 is 0 Å². The van der Waals surface area contributed by atoms with Crippen LogP contribution in [0, 0.1) is 17.3 Å². The molecule has 2 aromatic carbocycles. The smallest absolute Gasteiger partial charge is 0.431 e. The van der Waals surface area contributed by atoms with Gasteiger partial charge >= 0.3 is 12.1 Å². The standard InChI is InChI=1S/C25H22Br2F3NO2/c1-24(2)18(12-20(26)27)21(24)23(32)33-14-17-16-10-6-7-11-19(16)31(22(17)25(28,29)30)13-15-8-4-3-5-9-15/h3-12,18,21H,13-14H2,1-2H3/t18-,21-/m0/s1. The SMILES string of the molecule is CC1(C)[C@H](C(=O)OCc2c(C(F)(F)F)n(Cc3ccccc3)c3ccccc23)[C@@H]1C=C(Br)Br. The van der Waals surface area contributed by atoms with Crippen LogP contribution in [0.3, 0.4) is 0 Å². The minimum atomic E-state index is -4.61. The predicted octanol–water partition coefficient (Wildman–Crippen LogP) is 7.66. The fourth-order valence-corrected chi connectivity index (χ4v) is 5.15. The van der Waals surface area contributed by atoms with Gasteiger partial charge in [-0.3, -0.25) is 4.79 Å². The van der Waals surface area contributed by atoms with Crippen LogP contribution in [-0.4, -0.2) is 10.5 Å². The third-order valence-electron chi connectivity index (χ3n) is 6.36. The highest BCUT2D eigenvalue weighted by atomic mass is 79.9. The van der Waals surface area contributed by atoms with Gasteiger partial charge in [0.1, 0.15) is 12.3 Å². The van der Waals surface area contributed by atoms with Crippen LogP contribution >= 0.6 is 31.9 Å². The Morgan fingerprint density at radius 2 is 1.73 bits per heavy atom. The zero-order valence-electron chi connectivity index (χ0n) is 18.0. The Labute approximate surface area is 206 Å². The number of rotatable bonds is 6. The van der Waals surface area contributed by atoms with E-state index < -0.39 is 30.4 Å². The third-order valence-corrected chi connectivity index (χ3v) is 6.89. The van der Waals surface area contributed by atoms with Gasteiger partial charge in [0.15, 0.2) is 0 Å². The van der Waals surface area contributed by atoms with E-state index in [9.17, 15) is 18.0 Å². The number of para-hydroxylation sites is 1. The van der Waals surface area contributed by atoms with E-state index in [0.717, 1.165) is 8.96 Å². The average Bonchev–Trinajstić information content (AvgIpc) is 3.12. The van der Waals surface area contributed by atoms with Gasteiger partial charge in [0.05, 0.1) is 9.31 Å². The molecule has 2 atom stereocenters. The molecule has 174 valence electrons. The Balaban J connectivity index is 1.69. The molecule has 0 N–H and O–H groups in total. The zero-order chi connectivity index (χ0) is 24.0. The first kappa shape index (κ1) is 24.1. The molecule has 0 unspecified atom stereocenters. The number of carbonyl (C=O) groups is 1. The van der Waals surface area contributed by atoms with E-state index in [2.05, 4.69) is 31.9 Å². The number of carbonyl (C=O) groups excluding carboxylic acids is 1. The quantitative estimate of drug-likeness (QED) is 0.279. The number of hydrogen-bond acceptors (Lipinski definition) is 2. The summed E-state index contributed by atoms with van der Waals surface area (Å²) in [5.41, 5.74) is 0.0834. The highest BCUT2D eigenvalue weighted by Crippen LogP contribution is 2.60. The maximum atomic E-state index is 14.3. The lowest BCUT2D eigenvalue weighted by molar-refractivity contribution is -0.151. The Morgan fingerprint density at radius 3 is 2.36 bits per heavy atom. The number of nitrogens with zero attached hydrogens (tertiary/aromatic N) is 1. The Kier molecular flexibility index (Phi) is 6.53. The number of ether oxygens (including phenoxy) is 1. The van der Waals surface area contributed by atoms with Gasteiger partial charge in [0.25, 0.3) is 0 Å². The van der Waals surface area contributed by atoms with Crippen molar-refractivity contribution in [3.05, 3.63) is 80.9 Å². The molecule has 0 spiro atoms. The van der Waals surface area contributed by atoms with E-state index in [0.29, 0.717) is 10.9 Å². The van der Waals surface area contributed by atoms with Crippen LogP contribution in [-0.2, 0) is 28.9 Å². The molecule has 1 fully saturated rings. The van der Waals surface area contributed by atoms with Crippen molar-refractivity contribution in [1.82, 2.24) is 4.57 Å². The van der Waals surface area contributed by atoms with Crippen molar-refractivity contribution in [3.8, 4) is 0 Å². The molecule has 8 heteroatoms. The second-order valence-electron chi connectivity index (χ2n) is 8.80. The third kappa shape index (κ3) is 4.78. The highest BCUT2D eigenvalue weighted by molar-refractivity contribution is 9.28. The summed E-state index contributed by atoms with van der Waals surface area (Å²) >= 11 is 6.61. The van der Waals surface area contributed by atoms with Crippen LogP contribution in [0.25, 0.3) is 10.9 Å². The lowest BCUT2D eigenvalue weighted by atomic mass is 10.1. The minimum Gasteiger partial charge on any atom is -0.460 e. The number of aromatic nitrogens is 1. The zero-order valence-corrected chi connectivity index (χ0v) is 21.2. The van der Waals surface area contributed by atoms with Crippen LogP contribution in [0.5, 0.6) is 0 Å². The summed E-state index contributed by atoms with van der Waals surface area (Å²) in [5.74, 6) is -0.953. The molecule has 1 saturated carbocycles. The molecule has 3 nitrogen and oxygen atoms in total.